The Morgan fingerprint density at radius 2 is 1.69 bits per heavy atom. The minimum Gasteiger partial charge on any atom is -0.334 e. The molecule has 2 aromatic heterocycles. The summed E-state index contributed by atoms with van der Waals surface area (Å²) in [6, 6.07) is 16.1. The van der Waals surface area contributed by atoms with Crippen LogP contribution in [0.3, 0.4) is 0 Å². The quantitative estimate of drug-likeness (QED) is 0.534. The number of hydrogen-bond acceptors (Lipinski definition) is 2. The van der Waals surface area contributed by atoms with Crippen LogP contribution in [0.25, 0.3) is 16.6 Å². The second-order valence-corrected chi connectivity index (χ2v) is 7.48. The van der Waals surface area contributed by atoms with Crippen molar-refractivity contribution in [3.05, 3.63) is 88.1 Å². The van der Waals surface area contributed by atoms with Gasteiger partial charge in [-0.2, -0.15) is 0 Å². The van der Waals surface area contributed by atoms with Crippen LogP contribution in [0.2, 0.25) is 0 Å². The zero-order chi connectivity index (χ0) is 20.0. The van der Waals surface area contributed by atoms with Crippen LogP contribution in [-0.4, -0.2) is 19.8 Å². The van der Waals surface area contributed by atoms with Crippen molar-refractivity contribution in [2.45, 2.75) is 32.5 Å². The third-order valence-corrected chi connectivity index (χ3v) is 5.67. The number of nitrogens with zero attached hydrogens (tertiary/aromatic N) is 3. The van der Waals surface area contributed by atoms with Gasteiger partial charge in [-0.05, 0) is 47.9 Å². The van der Waals surface area contributed by atoms with Crippen LogP contribution >= 0.6 is 0 Å². The van der Waals surface area contributed by atoms with E-state index in [0.29, 0.717) is 43.5 Å². The molecule has 5 rings (SSSR count). The second kappa shape index (κ2) is 6.88. The molecule has 146 valence electrons. The molecule has 4 aromatic rings. The van der Waals surface area contributed by atoms with Gasteiger partial charge in [0.25, 0.3) is 5.56 Å². The van der Waals surface area contributed by atoms with Crippen molar-refractivity contribution >= 4 is 22.5 Å². The highest BCUT2D eigenvalue weighted by atomic mass is 19.1. The van der Waals surface area contributed by atoms with Crippen LogP contribution in [0.5, 0.6) is 0 Å². The third-order valence-electron chi connectivity index (χ3n) is 5.67. The summed E-state index contributed by atoms with van der Waals surface area (Å²) in [5.41, 5.74) is 4.07. The summed E-state index contributed by atoms with van der Waals surface area (Å²) in [7, 11) is 0. The Labute approximate surface area is 166 Å². The lowest BCUT2D eigenvalue weighted by Crippen LogP contribution is -2.27. The molecule has 1 amide bonds. The summed E-state index contributed by atoms with van der Waals surface area (Å²) in [5.74, 6) is -0.309. The van der Waals surface area contributed by atoms with Crippen molar-refractivity contribution in [2.75, 3.05) is 0 Å². The summed E-state index contributed by atoms with van der Waals surface area (Å²) in [4.78, 5) is 27.4. The highest BCUT2D eigenvalue weighted by Crippen LogP contribution is 2.23. The number of rotatable bonds is 4. The number of hydrogen-bond donors (Lipinski definition) is 0. The lowest BCUT2D eigenvalue weighted by Gasteiger charge is -2.16. The first-order chi connectivity index (χ1) is 14.1. The maximum Gasteiger partial charge on any atom is 0.275 e. The van der Waals surface area contributed by atoms with Gasteiger partial charge in [0.1, 0.15) is 11.3 Å². The van der Waals surface area contributed by atoms with Crippen molar-refractivity contribution in [1.82, 2.24) is 13.9 Å². The van der Waals surface area contributed by atoms with E-state index in [-0.39, 0.29) is 17.3 Å². The standard InChI is InChI=1S/C23H20FN3O2/c24-18-9-10-19-21(13-18)27(23(29)20-7-3-11-26(19)20)12-4-8-22(28)25-14-16-5-1-2-6-17(16)15-25/h1-3,5-7,9-11,13H,4,8,12,14-15H2. The van der Waals surface area contributed by atoms with E-state index in [1.807, 2.05) is 17.0 Å². The lowest BCUT2D eigenvalue weighted by atomic mass is 10.1. The molecule has 0 spiro atoms. The van der Waals surface area contributed by atoms with Crippen molar-refractivity contribution in [2.24, 2.45) is 0 Å². The van der Waals surface area contributed by atoms with Crippen molar-refractivity contribution in [3.8, 4) is 0 Å². The van der Waals surface area contributed by atoms with E-state index in [2.05, 4.69) is 12.1 Å². The second-order valence-electron chi connectivity index (χ2n) is 7.48. The Balaban J connectivity index is 1.37. The molecule has 0 aliphatic carbocycles. The molecule has 6 heteroatoms. The lowest BCUT2D eigenvalue weighted by molar-refractivity contribution is -0.131. The number of halogens is 1. The first-order valence-electron chi connectivity index (χ1n) is 9.75. The van der Waals surface area contributed by atoms with E-state index in [4.69, 9.17) is 0 Å². The average molecular weight is 389 g/mol. The van der Waals surface area contributed by atoms with Crippen LogP contribution in [0.15, 0.2) is 65.6 Å². The Hall–Kier alpha value is -3.41. The molecule has 1 aliphatic rings. The number of carbonyl (C=O) groups excluding carboxylic acids is 1. The van der Waals surface area contributed by atoms with E-state index < -0.39 is 0 Å². The van der Waals surface area contributed by atoms with Crippen LogP contribution in [0.1, 0.15) is 24.0 Å². The van der Waals surface area contributed by atoms with Crippen LogP contribution in [0, 0.1) is 5.82 Å². The summed E-state index contributed by atoms with van der Waals surface area (Å²) in [6.07, 6.45) is 2.67. The molecule has 0 radical (unpaired) electrons. The molecule has 1 aliphatic heterocycles. The molecule has 5 nitrogen and oxygen atoms in total. The van der Waals surface area contributed by atoms with Gasteiger partial charge in [0.05, 0.1) is 11.0 Å². The van der Waals surface area contributed by atoms with E-state index in [0.717, 1.165) is 5.52 Å². The number of benzene rings is 2. The molecule has 0 fully saturated rings. The largest absolute Gasteiger partial charge is 0.334 e. The monoisotopic (exact) mass is 389 g/mol. The Bertz CT molecular complexity index is 1280. The highest BCUT2D eigenvalue weighted by Gasteiger charge is 2.22. The van der Waals surface area contributed by atoms with Crippen LogP contribution in [-0.2, 0) is 24.4 Å². The van der Waals surface area contributed by atoms with E-state index in [1.54, 1.807) is 33.4 Å². The molecule has 0 saturated heterocycles. The first kappa shape index (κ1) is 17.7. The smallest absolute Gasteiger partial charge is 0.275 e. The van der Waals surface area contributed by atoms with Gasteiger partial charge < -0.3 is 13.9 Å². The topological polar surface area (TPSA) is 46.7 Å². The fourth-order valence-corrected chi connectivity index (χ4v) is 4.21. The molecule has 3 heterocycles. The third kappa shape index (κ3) is 3.01. The maximum absolute atomic E-state index is 13.9. The minimum atomic E-state index is -0.386. The molecule has 0 N–H and O–H groups in total. The summed E-state index contributed by atoms with van der Waals surface area (Å²) >= 11 is 0. The molecular weight excluding hydrogens is 369 g/mol. The molecule has 0 saturated carbocycles. The van der Waals surface area contributed by atoms with Gasteiger partial charge in [-0.25, -0.2) is 4.39 Å². The zero-order valence-corrected chi connectivity index (χ0v) is 15.8. The molecule has 29 heavy (non-hydrogen) atoms. The van der Waals surface area contributed by atoms with Gasteiger partial charge in [0.15, 0.2) is 0 Å². The number of amides is 1. The van der Waals surface area contributed by atoms with Crippen molar-refractivity contribution < 1.29 is 9.18 Å². The number of fused-ring (bicyclic) bond motifs is 4. The zero-order valence-electron chi connectivity index (χ0n) is 15.8. The molecule has 0 unspecified atom stereocenters. The van der Waals surface area contributed by atoms with Crippen LogP contribution < -0.4 is 5.56 Å². The summed E-state index contributed by atoms with van der Waals surface area (Å²) in [6.45, 7) is 1.64. The maximum atomic E-state index is 13.9. The number of carbonyl (C=O) groups is 1. The predicted molar refractivity (Wildman–Crippen MR) is 109 cm³/mol. The van der Waals surface area contributed by atoms with Gasteiger partial charge in [0, 0.05) is 32.3 Å². The number of aromatic nitrogens is 2. The summed E-state index contributed by atoms with van der Waals surface area (Å²) in [5, 5.41) is 0. The normalized spacial score (nSPS) is 13.3. The van der Waals surface area contributed by atoms with E-state index in [1.165, 1.54) is 23.3 Å². The van der Waals surface area contributed by atoms with Crippen LogP contribution in [0.4, 0.5) is 4.39 Å². The van der Waals surface area contributed by atoms with E-state index >= 15 is 0 Å². The fraction of sp³-hybridized carbons (Fsp3) is 0.217. The van der Waals surface area contributed by atoms with Gasteiger partial charge in [-0.1, -0.05) is 24.3 Å². The van der Waals surface area contributed by atoms with E-state index in [9.17, 15) is 14.0 Å². The van der Waals surface area contributed by atoms with Gasteiger partial charge in [0.2, 0.25) is 5.91 Å². The summed E-state index contributed by atoms with van der Waals surface area (Å²) < 4.78 is 17.2. The molecular formula is C23H20FN3O2. The average Bonchev–Trinajstić information content (AvgIpc) is 3.37. The fourth-order valence-electron chi connectivity index (χ4n) is 4.21. The minimum absolute atomic E-state index is 0.0773. The Kier molecular flexibility index (Phi) is 4.19. The van der Waals surface area contributed by atoms with Gasteiger partial charge >= 0.3 is 0 Å². The van der Waals surface area contributed by atoms with Crippen molar-refractivity contribution in [3.63, 3.8) is 0 Å². The Morgan fingerprint density at radius 1 is 0.931 bits per heavy atom. The SMILES string of the molecule is O=C(CCCn1c(=O)c2cccn2c2ccc(F)cc21)N1Cc2ccccc2C1. The molecule has 0 atom stereocenters. The number of aryl methyl sites for hydroxylation is 1. The molecule has 2 aromatic carbocycles. The first-order valence-corrected chi connectivity index (χ1v) is 9.75. The highest BCUT2D eigenvalue weighted by molar-refractivity contribution is 5.79. The molecule has 0 bridgehead atoms. The predicted octanol–water partition coefficient (Wildman–Crippen LogP) is 3.72. The van der Waals surface area contributed by atoms with Gasteiger partial charge in [-0.3, -0.25) is 9.59 Å². The van der Waals surface area contributed by atoms with Gasteiger partial charge in [-0.15, -0.1) is 0 Å². The Morgan fingerprint density at radius 3 is 2.45 bits per heavy atom. The van der Waals surface area contributed by atoms with Crippen molar-refractivity contribution in [1.29, 1.82) is 0 Å².